The Balaban J connectivity index is 1.22. The number of imidazole rings is 1. The van der Waals surface area contributed by atoms with Crippen molar-refractivity contribution in [3.63, 3.8) is 0 Å². The zero-order valence-corrected chi connectivity index (χ0v) is 16.8. The van der Waals surface area contributed by atoms with Gasteiger partial charge in [0.15, 0.2) is 10.6 Å². The molecule has 0 bridgehead atoms. The highest BCUT2D eigenvalue weighted by molar-refractivity contribution is 7.16. The number of hydrogen-bond acceptors (Lipinski definition) is 8. The molecule has 3 N–H and O–H groups in total. The largest absolute Gasteiger partial charge is 0.368 e. The summed E-state index contributed by atoms with van der Waals surface area (Å²) in [5.74, 6) is 0.968. The Labute approximate surface area is 176 Å². The quantitative estimate of drug-likeness (QED) is 0.521. The van der Waals surface area contributed by atoms with Crippen molar-refractivity contribution >= 4 is 45.2 Å². The molecule has 5 rings (SSSR count). The third kappa shape index (κ3) is 3.50. The van der Waals surface area contributed by atoms with Gasteiger partial charge in [0.05, 0.1) is 11.8 Å². The summed E-state index contributed by atoms with van der Waals surface area (Å²) in [4.78, 5) is 34.3. The predicted octanol–water partition coefficient (Wildman–Crippen LogP) is 2.21. The maximum absolute atomic E-state index is 12.7. The maximum atomic E-state index is 12.7. The van der Waals surface area contributed by atoms with Crippen LogP contribution in [0.3, 0.4) is 0 Å². The number of nitrogens with one attached hydrogen (secondary N) is 1. The molecule has 4 heterocycles. The minimum absolute atomic E-state index is 0.119. The van der Waals surface area contributed by atoms with Gasteiger partial charge in [0, 0.05) is 49.9 Å². The summed E-state index contributed by atoms with van der Waals surface area (Å²) in [6.07, 6.45) is 5.33. The number of amides is 2. The average molecular weight is 421 g/mol. The average Bonchev–Trinajstić information content (AvgIpc) is 3.46. The van der Waals surface area contributed by atoms with E-state index in [4.69, 9.17) is 5.73 Å². The van der Waals surface area contributed by atoms with E-state index in [2.05, 4.69) is 30.2 Å². The number of thiazole rings is 1. The highest BCUT2D eigenvalue weighted by Crippen LogP contribution is 2.27. The van der Waals surface area contributed by atoms with Crippen LogP contribution in [-0.2, 0) is 0 Å². The van der Waals surface area contributed by atoms with Crippen LogP contribution in [0.5, 0.6) is 0 Å². The lowest BCUT2D eigenvalue weighted by Gasteiger charge is -2.35. The van der Waals surface area contributed by atoms with Gasteiger partial charge >= 0.3 is 6.03 Å². The lowest BCUT2D eigenvalue weighted by atomic mass is 10.2. The van der Waals surface area contributed by atoms with Crippen molar-refractivity contribution in [1.29, 1.82) is 0 Å². The van der Waals surface area contributed by atoms with Crippen LogP contribution < -0.4 is 16.0 Å². The molecule has 3 aromatic heterocycles. The van der Waals surface area contributed by atoms with E-state index >= 15 is 0 Å². The molecule has 1 aromatic carbocycles. The number of carbonyl (C=O) groups is 1. The van der Waals surface area contributed by atoms with E-state index in [-0.39, 0.29) is 12.0 Å². The van der Waals surface area contributed by atoms with Gasteiger partial charge in [0.1, 0.15) is 5.52 Å². The van der Waals surface area contributed by atoms with Crippen LogP contribution in [0, 0.1) is 0 Å². The third-order valence-corrected chi connectivity index (χ3v) is 5.70. The molecule has 1 saturated heterocycles. The number of fused-ring (bicyclic) bond motifs is 1. The number of nitrogen functional groups attached to an aromatic ring is 1. The monoisotopic (exact) mass is 421 g/mol. The fourth-order valence-electron chi connectivity index (χ4n) is 3.44. The van der Waals surface area contributed by atoms with Crippen LogP contribution in [0.4, 0.5) is 22.2 Å². The summed E-state index contributed by atoms with van der Waals surface area (Å²) in [5, 5.41) is 2.96. The molecule has 10 nitrogen and oxygen atoms in total. The van der Waals surface area contributed by atoms with Gasteiger partial charge in [-0.3, -0.25) is 0 Å². The van der Waals surface area contributed by atoms with E-state index in [1.165, 1.54) is 11.3 Å². The summed E-state index contributed by atoms with van der Waals surface area (Å²) < 4.78 is 1.91. The van der Waals surface area contributed by atoms with Crippen molar-refractivity contribution in [3.05, 3.63) is 48.5 Å². The first-order chi connectivity index (χ1) is 14.7. The summed E-state index contributed by atoms with van der Waals surface area (Å²) in [6, 6.07) is 7.52. The van der Waals surface area contributed by atoms with Crippen molar-refractivity contribution in [2.24, 2.45) is 0 Å². The Hall–Kier alpha value is -3.73. The molecule has 0 saturated carbocycles. The summed E-state index contributed by atoms with van der Waals surface area (Å²) in [7, 11) is 0. The number of benzene rings is 1. The Morgan fingerprint density at radius 3 is 2.63 bits per heavy atom. The molecule has 2 amide bonds. The van der Waals surface area contributed by atoms with Gasteiger partial charge in [0.25, 0.3) is 0 Å². The normalized spacial score (nSPS) is 14.3. The minimum Gasteiger partial charge on any atom is -0.368 e. The second-order valence-electron chi connectivity index (χ2n) is 6.83. The zero-order chi connectivity index (χ0) is 20.5. The SMILES string of the molecule is Nc1nc(N2CCN(C(=O)Nc3ccc(-n4ccnc4)cc3)CC2)c2ncsc2n1. The first-order valence-electron chi connectivity index (χ1n) is 9.43. The molecule has 11 heteroatoms. The van der Waals surface area contributed by atoms with Gasteiger partial charge < -0.3 is 25.4 Å². The van der Waals surface area contributed by atoms with Crippen molar-refractivity contribution in [2.45, 2.75) is 0 Å². The van der Waals surface area contributed by atoms with Gasteiger partial charge in [-0.1, -0.05) is 0 Å². The smallest absolute Gasteiger partial charge is 0.321 e. The van der Waals surface area contributed by atoms with Crippen molar-refractivity contribution in [2.75, 3.05) is 42.1 Å². The molecular formula is C19H19N9OS. The number of aromatic nitrogens is 5. The van der Waals surface area contributed by atoms with Gasteiger partial charge in [-0.15, -0.1) is 11.3 Å². The minimum atomic E-state index is -0.119. The second kappa shape index (κ2) is 7.59. The highest BCUT2D eigenvalue weighted by atomic mass is 32.1. The number of nitrogens with two attached hydrogens (primary N) is 1. The van der Waals surface area contributed by atoms with Crippen LogP contribution >= 0.6 is 11.3 Å². The van der Waals surface area contributed by atoms with Crippen molar-refractivity contribution in [1.82, 2.24) is 29.4 Å². The first-order valence-corrected chi connectivity index (χ1v) is 10.3. The molecule has 0 unspecified atom stereocenters. The summed E-state index contributed by atoms with van der Waals surface area (Å²) in [5.41, 5.74) is 10.1. The summed E-state index contributed by atoms with van der Waals surface area (Å²) in [6.45, 7) is 2.45. The zero-order valence-electron chi connectivity index (χ0n) is 16.0. The van der Waals surface area contributed by atoms with E-state index in [9.17, 15) is 4.79 Å². The number of piperazine rings is 1. The number of carbonyl (C=O) groups excluding carboxylic acids is 1. The molecule has 0 atom stereocenters. The Kier molecular flexibility index (Phi) is 4.64. The second-order valence-corrected chi connectivity index (χ2v) is 7.67. The fraction of sp³-hybridized carbons (Fsp3) is 0.211. The fourth-order valence-corrected chi connectivity index (χ4v) is 4.10. The Bertz CT molecular complexity index is 1160. The molecule has 4 aromatic rings. The van der Waals surface area contributed by atoms with Crippen LogP contribution in [0.2, 0.25) is 0 Å². The molecule has 1 fully saturated rings. The molecule has 1 aliphatic rings. The van der Waals surface area contributed by atoms with E-state index < -0.39 is 0 Å². The number of nitrogens with zero attached hydrogens (tertiary/aromatic N) is 7. The highest BCUT2D eigenvalue weighted by Gasteiger charge is 2.24. The van der Waals surface area contributed by atoms with Crippen molar-refractivity contribution < 1.29 is 4.79 Å². The van der Waals surface area contributed by atoms with E-state index in [0.717, 1.165) is 27.5 Å². The lowest BCUT2D eigenvalue weighted by molar-refractivity contribution is 0.208. The number of urea groups is 1. The van der Waals surface area contributed by atoms with Crippen molar-refractivity contribution in [3.8, 4) is 5.69 Å². The molecule has 30 heavy (non-hydrogen) atoms. The van der Waals surface area contributed by atoms with E-state index in [1.54, 1.807) is 22.9 Å². The van der Waals surface area contributed by atoms with Gasteiger partial charge in [0.2, 0.25) is 5.95 Å². The van der Waals surface area contributed by atoms with Crippen LogP contribution in [0.1, 0.15) is 0 Å². The maximum Gasteiger partial charge on any atom is 0.321 e. The number of hydrogen-bond donors (Lipinski definition) is 2. The third-order valence-electron chi connectivity index (χ3n) is 4.98. The topological polar surface area (TPSA) is 118 Å². The van der Waals surface area contributed by atoms with Gasteiger partial charge in [-0.05, 0) is 24.3 Å². The lowest BCUT2D eigenvalue weighted by Crippen LogP contribution is -2.50. The van der Waals surface area contributed by atoms with Crippen LogP contribution in [0.15, 0.2) is 48.5 Å². The summed E-state index contributed by atoms with van der Waals surface area (Å²) >= 11 is 1.44. The molecule has 0 aliphatic carbocycles. The predicted molar refractivity (Wildman–Crippen MR) is 116 cm³/mol. The molecule has 152 valence electrons. The number of rotatable bonds is 3. The Morgan fingerprint density at radius 1 is 1.10 bits per heavy atom. The standard InChI is InChI=1S/C19H19N9OS/c20-18-24-16(15-17(25-18)30-12-22-15)26-7-9-27(10-8-26)19(29)23-13-1-3-14(4-2-13)28-6-5-21-11-28/h1-6,11-12H,7-10H2,(H,23,29)(H2,20,24,25). The van der Waals surface area contributed by atoms with E-state index in [1.807, 2.05) is 35.0 Å². The Morgan fingerprint density at radius 2 is 1.90 bits per heavy atom. The molecule has 1 aliphatic heterocycles. The number of anilines is 3. The van der Waals surface area contributed by atoms with E-state index in [0.29, 0.717) is 26.2 Å². The van der Waals surface area contributed by atoms with Gasteiger partial charge in [-0.2, -0.15) is 4.98 Å². The van der Waals surface area contributed by atoms with Crippen LogP contribution in [-0.4, -0.2) is 61.6 Å². The molecular weight excluding hydrogens is 402 g/mol. The molecule has 0 radical (unpaired) electrons. The van der Waals surface area contributed by atoms with Crippen LogP contribution in [0.25, 0.3) is 16.0 Å². The first kappa shape index (κ1) is 18.3. The van der Waals surface area contributed by atoms with Gasteiger partial charge in [-0.25, -0.2) is 19.7 Å². The molecule has 0 spiro atoms.